The summed E-state index contributed by atoms with van der Waals surface area (Å²) < 4.78 is 8.08. The summed E-state index contributed by atoms with van der Waals surface area (Å²) >= 11 is 0. The van der Waals surface area contributed by atoms with E-state index in [4.69, 9.17) is 9.84 Å². The van der Waals surface area contributed by atoms with E-state index in [0.717, 1.165) is 39.7 Å². The highest BCUT2D eigenvalue weighted by molar-refractivity contribution is 6.07. The SMILES string of the molecule is Cc1ccc(-n2nc(C(C)(C)C)cc2NC(=O)Nc2ccc(OCc3ccnc(Nc4cnc(C(=O)N5CCC(N(C)C)C5)cn4)c3)c3ccccc23)cc1. The lowest BCUT2D eigenvalue weighted by molar-refractivity contribution is 0.0777. The van der Waals surface area contributed by atoms with Crippen LogP contribution in [0.1, 0.15) is 54.5 Å². The number of hydrogen-bond donors (Lipinski definition) is 3. The Morgan fingerprint density at radius 2 is 1.67 bits per heavy atom. The lowest BCUT2D eigenvalue weighted by atomic mass is 9.92. The van der Waals surface area contributed by atoms with Crippen molar-refractivity contribution in [3.63, 3.8) is 0 Å². The van der Waals surface area contributed by atoms with Crippen LogP contribution in [0.3, 0.4) is 0 Å². The summed E-state index contributed by atoms with van der Waals surface area (Å²) in [5.74, 6) is 2.16. The number of likely N-dealkylation sites (N-methyl/N-ethyl adjacent to an activating group) is 1. The first-order valence-corrected chi connectivity index (χ1v) is 18.3. The van der Waals surface area contributed by atoms with Gasteiger partial charge in [0.05, 0.1) is 29.5 Å². The minimum atomic E-state index is -0.389. The van der Waals surface area contributed by atoms with Crippen molar-refractivity contribution in [3.8, 4) is 11.4 Å². The molecule has 0 saturated carbocycles. The third-order valence-electron chi connectivity index (χ3n) is 9.66. The highest BCUT2D eigenvalue weighted by Gasteiger charge is 2.29. The molecule has 0 radical (unpaired) electrons. The predicted octanol–water partition coefficient (Wildman–Crippen LogP) is 7.56. The third kappa shape index (κ3) is 8.57. The Kier molecular flexibility index (Phi) is 10.5. The molecule has 1 fully saturated rings. The number of likely N-dealkylation sites (tertiary alicyclic amines) is 1. The van der Waals surface area contributed by atoms with E-state index in [1.54, 1.807) is 17.1 Å². The van der Waals surface area contributed by atoms with Crippen LogP contribution in [-0.4, -0.2) is 79.7 Å². The average Bonchev–Trinajstić information content (AvgIpc) is 3.84. The monoisotopic (exact) mass is 738 g/mol. The molecule has 0 spiro atoms. The van der Waals surface area contributed by atoms with E-state index in [1.807, 2.05) is 105 Å². The Labute approximate surface area is 320 Å². The van der Waals surface area contributed by atoms with Gasteiger partial charge in [0.2, 0.25) is 0 Å². The van der Waals surface area contributed by atoms with Crippen molar-refractivity contribution in [1.29, 1.82) is 0 Å². The number of nitrogens with zero attached hydrogens (tertiary/aromatic N) is 7. The maximum Gasteiger partial charge on any atom is 0.324 e. The van der Waals surface area contributed by atoms with Crippen molar-refractivity contribution in [2.75, 3.05) is 43.1 Å². The Bertz CT molecular complexity index is 2310. The van der Waals surface area contributed by atoms with Gasteiger partial charge in [0.25, 0.3) is 5.91 Å². The van der Waals surface area contributed by atoms with Crippen LogP contribution in [0, 0.1) is 6.92 Å². The molecular formula is C42H46N10O3. The van der Waals surface area contributed by atoms with Gasteiger partial charge < -0.3 is 25.2 Å². The van der Waals surface area contributed by atoms with Crippen molar-refractivity contribution in [3.05, 3.63) is 120 Å². The molecule has 0 aliphatic carbocycles. The molecule has 4 heterocycles. The van der Waals surface area contributed by atoms with Gasteiger partial charge in [0, 0.05) is 47.6 Å². The first-order chi connectivity index (χ1) is 26.4. The fourth-order valence-electron chi connectivity index (χ4n) is 6.43. The van der Waals surface area contributed by atoms with Crippen LogP contribution in [0.25, 0.3) is 16.5 Å². The summed E-state index contributed by atoms with van der Waals surface area (Å²) in [6.07, 6.45) is 5.68. The number of carbonyl (C=O) groups excluding carboxylic acids is 2. The quantitative estimate of drug-likeness (QED) is 0.130. The fraction of sp³-hybridized carbons (Fsp3) is 0.286. The Hall–Kier alpha value is -6.34. The number of carbonyl (C=O) groups is 2. The second-order valence-corrected chi connectivity index (χ2v) is 15.1. The standard InChI is InChI=1S/C42H46N10O3/c1-27-11-13-29(14-12-27)52-39(22-36(49-52)42(2,3)4)48-41(54)46-33-15-16-35(32-10-8-7-9-31(32)33)55-26-28-17-19-43-37(21-28)47-38-24-44-34(23-45-38)40(53)51-20-18-30(25-51)50(5)6/h7-17,19,21-24,30H,18,20,25-26H2,1-6H3,(H,43,45,47)(H2,46,48,54). The molecule has 3 N–H and O–H groups in total. The smallest absolute Gasteiger partial charge is 0.324 e. The first kappa shape index (κ1) is 37.0. The van der Waals surface area contributed by atoms with Crippen LogP contribution < -0.4 is 20.7 Å². The van der Waals surface area contributed by atoms with Gasteiger partial charge in [-0.25, -0.2) is 24.4 Å². The normalized spacial score (nSPS) is 14.3. The molecule has 0 bridgehead atoms. The maximum atomic E-state index is 13.5. The number of benzene rings is 3. The van der Waals surface area contributed by atoms with Crippen molar-refractivity contribution >= 4 is 45.9 Å². The summed E-state index contributed by atoms with van der Waals surface area (Å²) in [6, 6.07) is 25.1. The molecule has 7 rings (SSSR count). The number of hydrogen-bond acceptors (Lipinski definition) is 9. The van der Waals surface area contributed by atoms with Gasteiger partial charge in [-0.15, -0.1) is 0 Å². The van der Waals surface area contributed by atoms with Gasteiger partial charge in [-0.3, -0.25) is 10.1 Å². The number of anilines is 4. The van der Waals surface area contributed by atoms with Gasteiger partial charge in [-0.1, -0.05) is 62.7 Å². The van der Waals surface area contributed by atoms with Gasteiger partial charge in [-0.2, -0.15) is 5.10 Å². The largest absolute Gasteiger partial charge is 0.488 e. The number of amides is 3. The van der Waals surface area contributed by atoms with E-state index in [9.17, 15) is 9.59 Å². The number of aromatic nitrogens is 5. The highest BCUT2D eigenvalue weighted by atomic mass is 16.5. The van der Waals surface area contributed by atoms with E-state index in [2.05, 4.69) is 56.6 Å². The molecule has 3 amide bonds. The van der Waals surface area contributed by atoms with Gasteiger partial charge in [0.1, 0.15) is 35.5 Å². The second-order valence-electron chi connectivity index (χ2n) is 15.1. The van der Waals surface area contributed by atoms with E-state index >= 15 is 0 Å². The average molecular weight is 739 g/mol. The van der Waals surface area contributed by atoms with Gasteiger partial charge in [0.15, 0.2) is 0 Å². The predicted molar refractivity (Wildman–Crippen MR) is 215 cm³/mol. The molecule has 6 aromatic rings. The fourth-order valence-corrected chi connectivity index (χ4v) is 6.43. The number of ether oxygens (including phenoxy) is 1. The van der Waals surface area contributed by atoms with Crippen molar-refractivity contribution < 1.29 is 14.3 Å². The summed E-state index contributed by atoms with van der Waals surface area (Å²) in [5.41, 5.74) is 4.48. The minimum Gasteiger partial charge on any atom is -0.488 e. The zero-order valence-corrected chi connectivity index (χ0v) is 32.0. The summed E-state index contributed by atoms with van der Waals surface area (Å²) in [7, 11) is 4.06. The van der Waals surface area contributed by atoms with Crippen LogP contribution in [-0.2, 0) is 12.0 Å². The molecule has 55 heavy (non-hydrogen) atoms. The summed E-state index contributed by atoms with van der Waals surface area (Å²) in [4.78, 5) is 43.6. The van der Waals surface area contributed by atoms with Crippen LogP contribution in [0.2, 0.25) is 0 Å². The molecule has 1 unspecified atom stereocenters. The van der Waals surface area contributed by atoms with Crippen LogP contribution in [0.5, 0.6) is 5.75 Å². The van der Waals surface area contributed by atoms with Gasteiger partial charge >= 0.3 is 6.03 Å². The lowest BCUT2D eigenvalue weighted by Crippen LogP contribution is -2.34. The molecule has 3 aromatic heterocycles. The molecule has 13 nitrogen and oxygen atoms in total. The molecule has 1 aliphatic rings. The topological polar surface area (TPSA) is 142 Å². The van der Waals surface area contributed by atoms with Crippen molar-refractivity contribution in [2.45, 2.75) is 52.2 Å². The molecule has 1 aliphatic heterocycles. The third-order valence-corrected chi connectivity index (χ3v) is 9.66. The minimum absolute atomic E-state index is 0.114. The number of fused-ring (bicyclic) bond motifs is 1. The molecule has 1 saturated heterocycles. The van der Waals surface area contributed by atoms with E-state index in [-0.39, 0.29) is 24.0 Å². The number of nitrogens with one attached hydrogen (secondary N) is 3. The van der Waals surface area contributed by atoms with Gasteiger partial charge in [-0.05, 0) is 69.4 Å². The summed E-state index contributed by atoms with van der Waals surface area (Å²) in [5, 5.41) is 15.7. The molecule has 282 valence electrons. The number of aryl methyl sites for hydroxylation is 1. The summed E-state index contributed by atoms with van der Waals surface area (Å²) in [6.45, 7) is 9.97. The number of rotatable bonds is 10. The van der Waals surface area contributed by atoms with E-state index in [0.29, 0.717) is 53.7 Å². The molecule has 3 aromatic carbocycles. The maximum absolute atomic E-state index is 13.5. The Morgan fingerprint density at radius 1 is 0.891 bits per heavy atom. The number of pyridine rings is 1. The Morgan fingerprint density at radius 3 is 2.38 bits per heavy atom. The van der Waals surface area contributed by atoms with Crippen molar-refractivity contribution in [2.24, 2.45) is 0 Å². The molecular weight excluding hydrogens is 693 g/mol. The van der Waals surface area contributed by atoms with Crippen molar-refractivity contribution in [1.82, 2.24) is 34.5 Å². The van der Waals surface area contributed by atoms with Crippen LogP contribution in [0.15, 0.2) is 97.5 Å². The molecule has 13 heteroatoms. The zero-order valence-electron chi connectivity index (χ0n) is 32.0. The van der Waals surface area contributed by atoms with E-state index in [1.165, 1.54) is 6.20 Å². The number of urea groups is 1. The molecule has 1 atom stereocenters. The lowest BCUT2D eigenvalue weighted by Gasteiger charge is -2.20. The highest BCUT2D eigenvalue weighted by Crippen LogP contribution is 2.33. The van der Waals surface area contributed by atoms with Crippen LogP contribution >= 0.6 is 0 Å². The second kappa shape index (κ2) is 15.6. The van der Waals surface area contributed by atoms with Crippen LogP contribution in [0.4, 0.5) is 27.9 Å². The van der Waals surface area contributed by atoms with E-state index < -0.39 is 0 Å². The first-order valence-electron chi connectivity index (χ1n) is 18.3. The Balaban J connectivity index is 1.00. The zero-order chi connectivity index (χ0) is 38.7.